The Morgan fingerprint density at radius 2 is 1.73 bits per heavy atom. The molecule has 3 atom stereocenters. The molecule has 16 heteroatoms. The van der Waals surface area contributed by atoms with Crippen LogP contribution in [0.1, 0.15) is 51.5 Å². The number of anilines is 1. The molecule has 1 aromatic rings. The average molecular weight is 732 g/mol. The van der Waals surface area contributed by atoms with E-state index in [1.165, 1.54) is 6.08 Å². The van der Waals surface area contributed by atoms with Crippen LogP contribution >= 0.6 is 0 Å². The van der Waals surface area contributed by atoms with Crippen molar-refractivity contribution in [2.24, 2.45) is 4.99 Å². The van der Waals surface area contributed by atoms with Crippen molar-refractivity contribution in [2.45, 2.75) is 76.4 Å². The second-order valence-corrected chi connectivity index (χ2v) is 11.8. The van der Waals surface area contributed by atoms with E-state index in [-0.39, 0.29) is 30.7 Å². The lowest BCUT2D eigenvalue weighted by Gasteiger charge is -2.28. The van der Waals surface area contributed by atoms with Crippen molar-refractivity contribution in [2.75, 3.05) is 59.9 Å². The van der Waals surface area contributed by atoms with Crippen LogP contribution in [0.5, 0.6) is 0 Å². The highest BCUT2D eigenvalue weighted by Gasteiger charge is 2.37. The highest BCUT2D eigenvalue weighted by Crippen LogP contribution is 2.33. The molecular weight excluding hydrogens is 680 g/mol. The molecule has 0 spiro atoms. The second kappa shape index (κ2) is 22.7. The van der Waals surface area contributed by atoms with Gasteiger partial charge in [0, 0.05) is 96.0 Å². The number of nitrogens with one attached hydrogen (secondary N) is 1. The van der Waals surface area contributed by atoms with Gasteiger partial charge in [0.25, 0.3) is 0 Å². The molecule has 2 saturated heterocycles. The SMILES string of the molecule is COC.C\C=C(/C=C(\C=C\CN(c1ncc(/C(C=NC)=C/NC)cn1)C1C[C@@H](CC)N(C)C1)C(F)(F)F)C(F)(F)F.O=C[C@@H]1CCCCN1C=O. The zero-order valence-electron chi connectivity index (χ0n) is 30.3. The number of methoxy groups -OCH3 is 1. The maximum atomic E-state index is 13.6. The number of likely N-dealkylation sites (N-methyl/N-ethyl adjacent to an activating group) is 1. The van der Waals surface area contributed by atoms with Gasteiger partial charge in [-0.25, -0.2) is 9.97 Å². The Hall–Kier alpha value is -4.05. The van der Waals surface area contributed by atoms with Crippen LogP contribution in [0.3, 0.4) is 0 Å². The molecule has 0 saturated carbocycles. The van der Waals surface area contributed by atoms with Gasteiger partial charge < -0.3 is 29.5 Å². The average Bonchev–Trinajstić information content (AvgIpc) is 3.47. The van der Waals surface area contributed by atoms with Crippen molar-refractivity contribution in [3.8, 4) is 0 Å². The first kappa shape index (κ1) is 45.0. The van der Waals surface area contributed by atoms with Crippen LogP contribution in [-0.2, 0) is 14.3 Å². The van der Waals surface area contributed by atoms with E-state index in [1.54, 1.807) is 62.9 Å². The van der Waals surface area contributed by atoms with Gasteiger partial charge in [-0.2, -0.15) is 26.3 Å². The summed E-state index contributed by atoms with van der Waals surface area (Å²) in [6.07, 6.45) is 5.52. The molecule has 1 N–H and O–H groups in total. The van der Waals surface area contributed by atoms with Gasteiger partial charge in [-0.3, -0.25) is 9.79 Å². The molecule has 2 aliphatic heterocycles. The molecule has 1 aromatic heterocycles. The number of ether oxygens (including phenoxy) is 1. The van der Waals surface area contributed by atoms with Crippen molar-refractivity contribution < 1.29 is 40.7 Å². The number of aliphatic imine (C=N–C) groups is 1. The minimum atomic E-state index is -4.96. The smallest absolute Gasteiger partial charge is 0.393 e. The van der Waals surface area contributed by atoms with Gasteiger partial charge in [0.1, 0.15) is 6.29 Å². The van der Waals surface area contributed by atoms with Crippen molar-refractivity contribution in [1.29, 1.82) is 0 Å². The van der Waals surface area contributed by atoms with Gasteiger partial charge in [0.05, 0.1) is 17.2 Å². The standard InChI is InChI=1S/C26H34F6N6.C7H11NO2.C2H6O/c1-6-20(25(27,28)29)11-21(26(30,31)32)9-8-10-38(23-12-22(7-2)37(5)17-23)24-35-15-19(16-36-24)18(13-33-3)14-34-4;9-5-7-3-1-2-4-8(7)6-10;1-3-2/h6,8-9,11,13-16,22-23,33H,7,10,12,17H2,1-5H3;5-7H,1-4H2;1-2H3/b9-8+,18-13+,20-6+,21-11+,34-14?;;/t22-,23?;7-;/m10./s1. The van der Waals surface area contributed by atoms with Crippen LogP contribution in [-0.4, -0.2) is 124 Å². The normalized spacial score (nSPS) is 20.8. The number of carbonyl (C=O) groups is 2. The lowest BCUT2D eigenvalue weighted by Crippen LogP contribution is -2.39. The minimum absolute atomic E-state index is 0.0193. The predicted molar refractivity (Wildman–Crippen MR) is 188 cm³/mol. The number of aromatic nitrogens is 2. The monoisotopic (exact) mass is 731 g/mol. The summed E-state index contributed by atoms with van der Waals surface area (Å²) in [4.78, 5) is 39.1. The molecular formula is C35H51F6N7O3. The molecule has 1 unspecified atom stereocenters. The minimum Gasteiger partial charge on any atom is -0.393 e. The molecule has 3 rings (SSSR count). The van der Waals surface area contributed by atoms with E-state index in [9.17, 15) is 35.9 Å². The van der Waals surface area contributed by atoms with Crippen LogP contribution < -0.4 is 10.2 Å². The summed E-state index contributed by atoms with van der Waals surface area (Å²) in [5.41, 5.74) is -1.33. The van der Waals surface area contributed by atoms with E-state index in [4.69, 9.17) is 0 Å². The highest BCUT2D eigenvalue weighted by atomic mass is 19.4. The number of halogens is 6. The first-order valence-electron chi connectivity index (χ1n) is 16.5. The number of likely N-dealkylation sites (tertiary alicyclic amines) is 2. The fraction of sp³-hybridized carbons (Fsp3) is 0.571. The fourth-order valence-corrected chi connectivity index (χ4v) is 5.53. The number of allylic oxidation sites excluding steroid dienone is 6. The summed E-state index contributed by atoms with van der Waals surface area (Å²) in [6, 6.07) is 0.0437. The van der Waals surface area contributed by atoms with Crippen LogP contribution in [0.2, 0.25) is 0 Å². The molecule has 286 valence electrons. The van der Waals surface area contributed by atoms with Gasteiger partial charge in [-0.05, 0) is 52.2 Å². The zero-order chi connectivity index (χ0) is 38.6. The van der Waals surface area contributed by atoms with E-state index in [0.717, 1.165) is 63.8 Å². The molecule has 2 aliphatic rings. The van der Waals surface area contributed by atoms with Crippen LogP contribution in [0, 0.1) is 0 Å². The van der Waals surface area contributed by atoms with Gasteiger partial charge >= 0.3 is 12.4 Å². The second-order valence-electron chi connectivity index (χ2n) is 11.8. The largest absolute Gasteiger partial charge is 0.416 e. The summed E-state index contributed by atoms with van der Waals surface area (Å²) in [6.45, 7) is 4.47. The van der Waals surface area contributed by atoms with Gasteiger partial charge in [-0.1, -0.05) is 25.2 Å². The Balaban J connectivity index is 0.000000838. The Kier molecular flexibility index (Phi) is 20.0. The molecule has 10 nitrogen and oxygen atoms in total. The predicted octanol–water partition coefficient (Wildman–Crippen LogP) is 6.04. The van der Waals surface area contributed by atoms with Gasteiger partial charge in [-0.15, -0.1) is 0 Å². The molecule has 0 aliphatic carbocycles. The lowest BCUT2D eigenvalue weighted by molar-refractivity contribution is -0.126. The van der Waals surface area contributed by atoms with Crippen LogP contribution in [0.15, 0.2) is 59.0 Å². The van der Waals surface area contributed by atoms with E-state index < -0.39 is 23.5 Å². The summed E-state index contributed by atoms with van der Waals surface area (Å²) in [5, 5.41) is 2.92. The maximum Gasteiger partial charge on any atom is 0.416 e. The number of aldehydes is 1. The Morgan fingerprint density at radius 3 is 2.18 bits per heavy atom. The van der Waals surface area contributed by atoms with Crippen molar-refractivity contribution >= 4 is 30.4 Å². The van der Waals surface area contributed by atoms with Crippen molar-refractivity contribution in [1.82, 2.24) is 25.1 Å². The number of amides is 1. The number of nitrogens with zero attached hydrogens (tertiary/aromatic N) is 6. The molecule has 0 aromatic carbocycles. The van der Waals surface area contributed by atoms with Gasteiger partial charge in [0.2, 0.25) is 12.4 Å². The Morgan fingerprint density at radius 1 is 1.10 bits per heavy atom. The number of hydrogen-bond donors (Lipinski definition) is 1. The highest BCUT2D eigenvalue weighted by molar-refractivity contribution is 6.09. The van der Waals surface area contributed by atoms with E-state index in [1.807, 2.05) is 7.05 Å². The van der Waals surface area contributed by atoms with Crippen molar-refractivity contribution in [3.05, 3.63) is 59.6 Å². The molecule has 0 radical (unpaired) electrons. The van der Waals surface area contributed by atoms with E-state index in [0.29, 0.717) is 30.2 Å². The number of rotatable bonds is 12. The Labute approximate surface area is 297 Å². The third kappa shape index (κ3) is 15.0. The first-order valence-corrected chi connectivity index (χ1v) is 16.5. The number of alkyl halides is 6. The van der Waals surface area contributed by atoms with E-state index >= 15 is 0 Å². The number of hydrogen-bond acceptors (Lipinski definition) is 9. The third-order valence-corrected chi connectivity index (χ3v) is 8.14. The third-order valence-electron chi connectivity index (χ3n) is 8.14. The first-order chi connectivity index (χ1) is 24.1. The van der Waals surface area contributed by atoms with Crippen LogP contribution in [0.4, 0.5) is 32.3 Å². The summed E-state index contributed by atoms with van der Waals surface area (Å²) < 4.78 is 84.2. The molecule has 3 heterocycles. The topological polar surface area (TPSA) is 103 Å². The van der Waals surface area contributed by atoms with Gasteiger partial charge in [0.15, 0.2) is 0 Å². The molecule has 2 fully saturated rings. The summed E-state index contributed by atoms with van der Waals surface area (Å²) >= 11 is 0. The summed E-state index contributed by atoms with van der Waals surface area (Å²) in [7, 11) is 8.60. The zero-order valence-corrected chi connectivity index (χ0v) is 30.3. The summed E-state index contributed by atoms with van der Waals surface area (Å²) in [5.74, 6) is 0.313. The van der Waals surface area contributed by atoms with Crippen molar-refractivity contribution in [3.63, 3.8) is 0 Å². The molecule has 1 amide bonds. The van der Waals surface area contributed by atoms with E-state index in [2.05, 4.69) is 36.8 Å². The Bertz CT molecular complexity index is 1330. The van der Waals surface area contributed by atoms with Crippen LogP contribution in [0.25, 0.3) is 5.57 Å². The fourth-order valence-electron chi connectivity index (χ4n) is 5.53. The quantitative estimate of drug-likeness (QED) is 0.120. The number of carbonyl (C=O) groups excluding carboxylic acids is 2. The maximum absolute atomic E-state index is 13.6. The molecule has 0 bridgehead atoms. The number of piperidine rings is 1. The lowest BCUT2D eigenvalue weighted by atomic mass is 10.0. The molecule has 51 heavy (non-hydrogen) atoms.